The number of halogens is 3. The Bertz CT molecular complexity index is 648. The number of benzene rings is 2. The minimum absolute atomic E-state index is 0.0599. The smallest absolute Gasteiger partial charge is 0.378 e. The molecule has 0 heterocycles. The van der Waals surface area contributed by atoms with Gasteiger partial charge in [-0.05, 0) is 41.7 Å². The molecule has 3 rings (SSSR count). The highest BCUT2D eigenvalue weighted by molar-refractivity contribution is 5.50. The van der Waals surface area contributed by atoms with E-state index >= 15 is 0 Å². The second-order valence-electron chi connectivity index (χ2n) is 5.58. The van der Waals surface area contributed by atoms with Crippen molar-refractivity contribution in [1.82, 2.24) is 0 Å². The van der Waals surface area contributed by atoms with Crippen LogP contribution in [0.2, 0.25) is 0 Å². The summed E-state index contributed by atoms with van der Waals surface area (Å²) in [5.74, 6) is 0.358. The SMILES string of the molecule is CC1Cc2ccccc2C1Nc1cccc(C(F)(F)F)c1. The van der Waals surface area contributed by atoms with Gasteiger partial charge in [0.2, 0.25) is 0 Å². The fourth-order valence-electron chi connectivity index (χ4n) is 2.98. The van der Waals surface area contributed by atoms with Gasteiger partial charge in [0, 0.05) is 5.69 Å². The molecule has 4 heteroatoms. The molecule has 1 nitrogen and oxygen atoms in total. The molecule has 1 N–H and O–H groups in total. The number of alkyl halides is 3. The van der Waals surface area contributed by atoms with Crippen molar-refractivity contribution in [2.75, 3.05) is 5.32 Å². The van der Waals surface area contributed by atoms with E-state index in [4.69, 9.17) is 0 Å². The standard InChI is InChI=1S/C17H16F3N/c1-11-9-12-5-2-3-8-15(12)16(11)21-14-7-4-6-13(10-14)17(18,19)20/h2-8,10-11,16,21H,9H2,1H3. The summed E-state index contributed by atoms with van der Waals surface area (Å²) >= 11 is 0. The fraction of sp³-hybridized carbons (Fsp3) is 0.294. The largest absolute Gasteiger partial charge is 0.416 e. The number of nitrogens with one attached hydrogen (secondary N) is 1. The number of rotatable bonds is 2. The van der Waals surface area contributed by atoms with Gasteiger partial charge >= 0.3 is 6.18 Å². The highest BCUT2D eigenvalue weighted by atomic mass is 19.4. The van der Waals surface area contributed by atoms with Gasteiger partial charge in [-0.25, -0.2) is 0 Å². The lowest BCUT2D eigenvalue weighted by molar-refractivity contribution is -0.137. The first-order valence-corrected chi connectivity index (χ1v) is 6.97. The number of hydrogen-bond acceptors (Lipinski definition) is 1. The summed E-state index contributed by atoms with van der Waals surface area (Å²) in [6.45, 7) is 2.12. The van der Waals surface area contributed by atoms with Gasteiger partial charge in [-0.1, -0.05) is 37.3 Å². The van der Waals surface area contributed by atoms with Gasteiger partial charge < -0.3 is 5.32 Å². The van der Waals surface area contributed by atoms with Crippen molar-refractivity contribution >= 4 is 5.69 Å². The molecule has 2 unspecified atom stereocenters. The van der Waals surface area contributed by atoms with Crippen LogP contribution in [-0.2, 0) is 12.6 Å². The van der Waals surface area contributed by atoms with Crippen LogP contribution in [0.25, 0.3) is 0 Å². The van der Waals surface area contributed by atoms with Crippen molar-refractivity contribution in [3.63, 3.8) is 0 Å². The van der Waals surface area contributed by atoms with Gasteiger partial charge in [-0.15, -0.1) is 0 Å². The lowest BCUT2D eigenvalue weighted by Gasteiger charge is -2.21. The molecule has 1 aliphatic rings. The minimum Gasteiger partial charge on any atom is -0.378 e. The molecule has 2 aromatic rings. The molecule has 0 aliphatic heterocycles. The maximum atomic E-state index is 12.8. The normalized spacial score (nSPS) is 21.1. The Morgan fingerprint density at radius 1 is 1.05 bits per heavy atom. The van der Waals surface area contributed by atoms with E-state index in [0.717, 1.165) is 12.5 Å². The van der Waals surface area contributed by atoms with Crippen molar-refractivity contribution in [1.29, 1.82) is 0 Å². The van der Waals surface area contributed by atoms with E-state index in [0.29, 0.717) is 11.6 Å². The Morgan fingerprint density at radius 3 is 2.57 bits per heavy atom. The van der Waals surface area contributed by atoms with Crippen LogP contribution in [0.15, 0.2) is 48.5 Å². The summed E-state index contributed by atoms with van der Waals surface area (Å²) in [6, 6.07) is 13.6. The Morgan fingerprint density at radius 2 is 1.81 bits per heavy atom. The Balaban J connectivity index is 1.88. The van der Waals surface area contributed by atoms with Gasteiger partial charge in [0.05, 0.1) is 11.6 Å². The molecule has 0 saturated carbocycles. The van der Waals surface area contributed by atoms with Crippen LogP contribution in [0, 0.1) is 5.92 Å². The third-order valence-corrected chi connectivity index (χ3v) is 4.01. The van der Waals surface area contributed by atoms with E-state index < -0.39 is 11.7 Å². The summed E-state index contributed by atoms with van der Waals surface area (Å²) in [7, 11) is 0. The van der Waals surface area contributed by atoms with Gasteiger partial charge in [0.25, 0.3) is 0 Å². The predicted octanol–water partition coefficient (Wildman–Crippen LogP) is 5.05. The second-order valence-corrected chi connectivity index (χ2v) is 5.58. The molecule has 0 amide bonds. The maximum Gasteiger partial charge on any atom is 0.416 e. The van der Waals surface area contributed by atoms with Gasteiger partial charge in [-0.2, -0.15) is 13.2 Å². The van der Waals surface area contributed by atoms with E-state index in [1.54, 1.807) is 6.07 Å². The molecule has 21 heavy (non-hydrogen) atoms. The van der Waals surface area contributed by atoms with Crippen molar-refractivity contribution in [2.24, 2.45) is 5.92 Å². The monoisotopic (exact) mass is 291 g/mol. The zero-order chi connectivity index (χ0) is 15.0. The van der Waals surface area contributed by atoms with Crippen LogP contribution in [0.5, 0.6) is 0 Å². The highest BCUT2D eigenvalue weighted by Crippen LogP contribution is 2.39. The lowest BCUT2D eigenvalue weighted by atomic mass is 10.0. The van der Waals surface area contributed by atoms with Gasteiger partial charge in [0.15, 0.2) is 0 Å². The molecule has 1 aliphatic carbocycles. The molecular weight excluding hydrogens is 275 g/mol. The molecule has 2 aromatic carbocycles. The molecule has 0 bridgehead atoms. The van der Waals surface area contributed by atoms with Crippen molar-refractivity contribution < 1.29 is 13.2 Å². The average Bonchev–Trinajstić information content (AvgIpc) is 2.75. The van der Waals surface area contributed by atoms with Gasteiger partial charge in [-0.3, -0.25) is 0 Å². The van der Waals surface area contributed by atoms with E-state index in [-0.39, 0.29) is 6.04 Å². The van der Waals surface area contributed by atoms with Gasteiger partial charge in [0.1, 0.15) is 0 Å². The van der Waals surface area contributed by atoms with E-state index in [1.165, 1.54) is 23.3 Å². The van der Waals surface area contributed by atoms with Crippen LogP contribution in [0.1, 0.15) is 29.7 Å². The van der Waals surface area contributed by atoms with E-state index in [9.17, 15) is 13.2 Å². The number of hydrogen-bond donors (Lipinski definition) is 1. The van der Waals surface area contributed by atoms with Crippen LogP contribution in [0.4, 0.5) is 18.9 Å². The predicted molar refractivity (Wildman–Crippen MR) is 77.1 cm³/mol. The van der Waals surface area contributed by atoms with Crippen LogP contribution in [0.3, 0.4) is 0 Å². The van der Waals surface area contributed by atoms with Crippen LogP contribution < -0.4 is 5.32 Å². The summed E-state index contributed by atoms with van der Waals surface area (Å²) < 4.78 is 38.3. The number of fused-ring (bicyclic) bond motifs is 1. The highest BCUT2D eigenvalue weighted by Gasteiger charge is 2.32. The van der Waals surface area contributed by atoms with Crippen molar-refractivity contribution in [2.45, 2.75) is 25.6 Å². The summed E-state index contributed by atoms with van der Waals surface area (Å²) in [5.41, 5.74) is 2.35. The molecule has 0 radical (unpaired) electrons. The first-order chi connectivity index (χ1) is 9.95. The molecule has 110 valence electrons. The average molecular weight is 291 g/mol. The topological polar surface area (TPSA) is 12.0 Å². The fourth-order valence-corrected chi connectivity index (χ4v) is 2.98. The summed E-state index contributed by atoms with van der Waals surface area (Å²) in [4.78, 5) is 0. The first-order valence-electron chi connectivity index (χ1n) is 6.97. The second kappa shape index (κ2) is 5.10. The number of anilines is 1. The molecule has 0 spiro atoms. The zero-order valence-electron chi connectivity index (χ0n) is 11.6. The summed E-state index contributed by atoms with van der Waals surface area (Å²) in [5, 5.41) is 3.26. The van der Waals surface area contributed by atoms with E-state index in [2.05, 4.69) is 18.3 Å². The third-order valence-electron chi connectivity index (χ3n) is 4.01. The van der Waals surface area contributed by atoms with Crippen molar-refractivity contribution in [3.05, 3.63) is 65.2 Å². The zero-order valence-corrected chi connectivity index (χ0v) is 11.6. The molecule has 2 atom stereocenters. The molecule has 0 aromatic heterocycles. The first kappa shape index (κ1) is 14.0. The maximum absolute atomic E-state index is 12.8. The third kappa shape index (κ3) is 2.75. The van der Waals surface area contributed by atoms with Crippen molar-refractivity contribution in [3.8, 4) is 0 Å². The van der Waals surface area contributed by atoms with Crippen LogP contribution in [-0.4, -0.2) is 0 Å². The van der Waals surface area contributed by atoms with Crippen LogP contribution >= 0.6 is 0 Å². The summed E-state index contributed by atoms with van der Waals surface area (Å²) in [6.07, 6.45) is -3.36. The Hall–Kier alpha value is -1.97. The molecule has 0 saturated heterocycles. The molecule has 0 fully saturated rings. The minimum atomic E-state index is -4.31. The quantitative estimate of drug-likeness (QED) is 0.816. The molecular formula is C17H16F3N. The van der Waals surface area contributed by atoms with E-state index in [1.807, 2.05) is 18.2 Å². The Kier molecular flexibility index (Phi) is 3.40. The lowest BCUT2D eigenvalue weighted by Crippen LogP contribution is -2.15. The Labute approximate surface area is 121 Å².